The summed E-state index contributed by atoms with van der Waals surface area (Å²) in [6, 6.07) is 5.89. The highest BCUT2D eigenvalue weighted by Crippen LogP contribution is 2.27. The van der Waals surface area contributed by atoms with Gasteiger partial charge in [0.25, 0.3) is 5.91 Å². The monoisotopic (exact) mass is 379 g/mol. The highest BCUT2D eigenvalue weighted by molar-refractivity contribution is 7.15. The molecule has 1 saturated heterocycles. The van der Waals surface area contributed by atoms with Crippen molar-refractivity contribution in [1.29, 1.82) is 0 Å². The fourth-order valence-corrected chi connectivity index (χ4v) is 4.12. The summed E-state index contributed by atoms with van der Waals surface area (Å²) in [6.07, 6.45) is 3.92. The molecular formula is C18H22ClN3O2S. The third-order valence-electron chi connectivity index (χ3n) is 4.66. The molecule has 1 aromatic carbocycles. The number of thiazole rings is 1. The number of ether oxygens (including phenoxy) is 1. The summed E-state index contributed by atoms with van der Waals surface area (Å²) in [7, 11) is 1.60. The van der Waals surface area contributed by atoms with Crippen molar-refractivity contribution in [3.05, 3.63) is 45.4 Å². The standard InChI is InChI=1S/C18H22ClN3O2S/c1-12-9-14(19)4-3-13(12)10-15-11-21-17(25-15)22-16(23)18(24-2)5-7-20-8-6-18/h3-4,9,11,20H,5-8,10H2,1-2H3,(H,21,22,23). The number of benzene rings is 1. The number of carbonyl (C=O) groups is 1. The fraction of sp³-hybridized carbons (Fsp3) is 0.444. The van der Waals surface area contributed by atoms with Crippen molar-refractivity contribution >= 4 is 34.0 Å². The van der Waals surface area contributed by atoms with Gasteiger partial charge in [-0.1, -0.05) is 17.7 Å². The summed E-state index contributed by atoms with van der Waals surface area (Å²) < 4.78 is 5.55. The largest absolute Gasteiger partial charge is 0.368 e. The molecule has 0 unspecified atom stereocenters. The Labute approximate surface area is 156 Å². The van der Waals surface area contributed by atoms with Gasteiger partial charge in [0.1, 0.15) is 5.60 Å². The average Bonchev–Trinajstić information content (AvgIpc) is 3.05. The molecule has 1 aliphatic heterocycles. The lowest BCUT2D eigenvalue weighted by Gasteiger charge is -2.34. The Balaban J connectivity index is 1.68. The normalized spacial score (nSPS) is 16.6. The number of hydrogen-bond donors (Lipinski definition) is 2. The van der Waals surface area contributed by atoms with E-state index in [4.69, 9.17) is 16.3 Å². The van der Waals surface area contributed by atoms with Crippen molar-refractivity contribution in [2.45, 2.75) is 31.8 Å². The number of piperidine rings is 1. The minimum absolute atomic E-state index is 0.111. The van der Waals surface area contributed by atoms with Gasteiger partial charge in [-0.3, -0.25) is 10.1 Å². The van der Waals surface area contributed by atoms with E-state index in [0.29, 0.717) is 18.0 Å². The first kappa shape index (κ1) is 18.3. The molecule has 0 saturated carbocycles. The smallest absolute Gasteiger partial charge is 0.258 e. The van der Waals surface area contributed by atoms with Crippen molar-refractivity contribution in [3.63, 3.8) is 0 Å². The second-order valence-corrected chi connectivity index (χ2v) is 7.83. The number of aromatic nitrogens is 1. The summed E-state index contributed by atoms with van der Waals surface area (Å²) >= 11 is 7.50. The van der Waals surface area contributed by atoms with Crippen LogP contribution in [0.4, 0.5) is 5.13 Å². The number of halogens is 1. The van der Waals surface area contributed by atoms with Crippen LogP contribution in [0.25, 0.3) is 0 Å². The highest BCUT2D eigenvalue weighted by Gasteiger charge is 2.40. The molecule has 0 radical (unpaired) electrons. The van der Waals surface area contributed by atoms with Crippen LogP contribution >= 0.6 is 22.9 Å². The third-order valence-corrected chi connectivity index (χ3v) is 5.81. The van der Waals surface area contributed by atoms with Crippen LogP contribution in [0.15, 0.2) is 24.4 Å². The van der Waals surface area contributed by atoms with E-state index >= 15 is 0 Å². The topological polar surface area (TPSA) is 63.2 Å². The molecule has 7 heteroatoms. The van der Waals surface area contributed by atoms with Crippen molar-refractivity contribution in [3.8, 4) is 0 Å². The Kier molecular flexibility index (Phi) is 5.74. The molecule has 1 fully saturated rings. The molecule has 2 aromatic rings. The van der Waals surface area contributed by atoms with Gasteiger partial charge in [0, 0.05) is 29.6 Å². The molecule has 3 rings (SSSR count). The zero-order valence-corrected chi connectivity index (χ0v) is 16.0. The van der Waals surface area contributed by atoms with Gasteiger partial charge in [-0.15, -0.1) is 11.3 Å². The van der Waals surface area contributed by atoms with Crippen LogP contribution < -0.4 is 10.6 Å². The number of rotatable bonds is 5. The minimum atomic E-state index is -0.760. The zero-order valence-electron chi connectivity index (χ0n) is 14.4. The lowest BCUT2D eigenvalue weighted by molar-refractivity contribution is -0.140. The first-order chi connectivity index (χ1) is 12.0. The van der Waals surface area contributed by atoms with E-state index in [0.717, 1.165) is 35.0 Å². The van der Waals surface area contributed by atoms with Crippen LogP contribution in [0.1, 0.15) is 28.8 Å². The molecule has 2 N–H and O–H groups in total. The number of carbonyl (C=O) groups excluding carboxylic acids is 1. The molecule has 25 heavy (non-hydrogen) atoms. The van der Waals surface area contributed by atoms with Gasteiger partial charge in [0.15, 0.2) is 5.13 Å². The Morgan fingerprint density at radius 1 is 1.44 bits per heavy atom. The fourth-order valence-electron chi connectivity index (χ4n) is 3.06. The first-order valence-electron chi connectivity index (χ1n) is 8.29. The van der Waals surface area contributed by atoms with E-state index in [1.807, 2.05) is 31.3 Å². The maximum atomic E-state index is 12.7. The highest BCUT2D eigenvalue weighted by atomic mass is 35.5. The van der Waals surface area contributed by atoms with Crippen LogP contribution in [0, 0.1) is 6.92 Å². The second kappa shape index (κ2) is 7.83. The van der Waals surface area contributed by atoms with Crippen LogP contribution in [0.5, 0.6) is 0 Å². The van der Waals surface area contributed by atoms with E-state index in [1.165, 1.54) is 16.9 Å². The quantitative estimate of drug-likeness (QED) is 0.835. The predicted octanol–water partition coefficient (Wildman–Crippen LogP) is 3.40. The number of aryl methyl sites for hydroxylation is 1. The number of nitrogens with one attached hydrogen (secondary N) is 2. The summed E-state index contributed by atoms with van der Waals surface area (Å²) in [4.78, 5) is 18.1. The third kappa shape index (κ3) is 4.20. The summed E-state index contributed by atoms with van der Waals surface area (Å²) in [5, 5.41) is 7.53. The van der Waals surface area contributed by atoms with Gasteiger partial charge in [0.05, 0.1) is 0 Å². The second-order valence-electron chi connectivity index (χ2n) is 6.28. The molecule has 134 valence electrons. The van der Waals surface area contributed by atoms with Crippen LogP contribution in [-0.4, -0.2) is 36.7 Å². The molecule has 1 amide bonds. The Bertz CT molecular complexity index is 757. The maximum absolute atomic E-state index is 12.7. The molecule has 5 nitrogen and oxygen atoms in total. The van der Waals surface area contributed by atoms with Crippen LogP contribution in [0.3, 0.4) is 0 Å². The maximum Gasteiger partial charge on any atom is 0.258 e. The Hall–Kier alpha value is -1.47. The molecule has 0 spiro atoms. The number of nitrogens with zero attached hydrogens (tertiary/aromatic N) is 1. The lowest BCUT2D eigenvalue weighted by Crippen LogP contribution is -2.51. The van der Waals surface area contributed by atoms with Gasteiger partial charge < -0.3 is 10.1 Å². The number of anilines is 1. The van der Waals surface area contributed by atoms with E-state index in [-0.39, 0.29) is 5.91 Å². The van der Waals surface area contributed by atoms with Crippen molar-refractivity contribution in [2.24, 2.45) is 0 Å². The van der Waals surface area contributed by atoms with Gasteiger partial charge in [-0.05, 0) is 56.1 Å². The molecular weight excluding hydrogens is 358 g/mol. The van der Waals surface area contributed by atoms with Crippen LogP contribution in [-0.2, 0) is 16.0 Å². The van der Waals surface area contributed by atoms with Crippen LogP contribution in [0.2, 0.25) is 5.02 Å². The summed E-state index contributed by atoms with van der Waals surface area (Å²) in [6.45, 7) is 3.60. The van der Waals surface area contributed by atoms with E-state index in [9.17, 15) is 4.79 Å². The molecule has 1 aromatic heterocycles. The predicted molar refractivity (Wildman–Crippen MR) is 102 cm³/mol. The van der Waals surface area contributed by atoms with E-state index in [1.54, 1.807) is 7.11 Å². The van der Waals surface area contributed by atoms with E-state index < -0.39 is 5.60 Å². The number of methoxy groups -OCH3 is 1. The molecule has 1 aliphatic rings. The Morgan fingerprint density at radius 2 is 2.20 bits per heavy atom. The van der Waals surface area contributed by atoms with Gasteiger partial charge >= 0.3 is 0 Å². The minimum Gasteiger partial charge on any atom is -0.368 e. The number of amides is 1. The number of hydrogen-bond acceptors (Lipinski definition) is 5. The first-order valence-corrected chi connectivity index (χ1v) is 9.49. The van der Waals surface area contributed by atoms with Crippen molar-refractivity contribution in [2.75, 3.05) is 25.5 Å². The Morgan fingerprint density at radius 3 is 2.88 bits per heavy atom. The SMILES string of the molecule is COC1(C(=O)Nc2ncc(Cc3ccc(Cl)cc3C)s2)CCNCC1. The summed E-state index contributed by atoms with van der Waals surface area (Å²) in [5.74, 6) is -0.111. The summed E-state index contributed by atoms with van der Waals surface area (Å²) in [5.41, 5.74) is 1.60. The zero-order chi connectivity index (χ0) is 17.9. The van der Waals surface area contributed by atoms with Crippen molar-refractivity contribution < 1.29 is 9.53 Å². The van der Waals surface area contributed by atoms with Crippen molar-refractivity contribution in [1.82, 2.24) is 10.3 Å². The van der Waals surface area contributed by atoms with Gasteiger partial charge in [-0.2, -0.15) is 0 Å². The lowest BCUT2D eigenvalue weighted by atomic mass is 9.91. The molecule has 0 bridgehead atoms. The molecule has 2 heterocycles. The van der Waals surface area contributed by atoms with Gasteiger partial charge in [-0.25, -0.2) is 4.98 Å². The average molecular weight is 380 g/mol. The molecule has 0 atom stereocenters. The van der Waals surface area contributed by atoms with E-state index in [2.05, 4.69) is 15.6 Å². The van der Waals surface area contributed by atoms with Gasteiger partial charge in [0.2, 0.25) is 0 Å². The molecule has 0 aliphatic carbocycles.